The van der Waals surface area contributed by atoms with E-state index in [-0.39, 0.29) is 5.56 Å². The number of halogens is 5. The lowest BCUT2D eigenvalue weighted by atomic mass is 9.68. The molecule has 0 heterocycles. The Morgan fingerprint density at radius 2 is 1.55 bits per heavy atom. The van der Waals surface area contributed by atoms with Crippen LogP contribution in [0.15, 0.2) is 23.7 Å². The van der Waals surface area contributed by atoms with Crippen molar-refractivity contribution in [2.24, 2.45) is 23.7 Å². The van der Waals surface area contributed by atoms with E-state index in [1.165, 1.54) is 44.6 Å². The van der Waals surface area contributed by atoms with Crippen molar-refractivity contribution in [1.29, 1.82) is 0 Å². The summed E-state index contributed by atoms with van der Waals surface area (Å²) in [6.07, 6.45) is 13.0. The Morgan fingerprint density at radius 1 is 0.931 bits per heavy atom. The zero-order valence-electron chi connectivity index (χ0n) is 16.6. The van der Waals surface area contributed by atoms with Gasteiger partial charge in [0.05, 0.1) is 0 Å². The zero-order chi connectivity index (χ0) is 20.8. The maximum atomic E-state index is 14.1. The third-order valence-corrected chi connectivity index (χ3v) is 7.03. The number of ether oxygens (including phenoxy) is 1. The fourth-order valence-electron chi connectivity index (χ4n) is 5.17. The second-order valence-electron chi connectivity index (χ2n) is 8.54. The molecule has 2 fully saturated rings. The van der Waals surface area contributed by atoms with Crippen molar-refractivity contribution in [3.8, 4) is 5.75 Å². The number of rotatable bonds is 7. The Morgan fingerprint density at radius 3 is 2.14 bits per heavy atom. The SMILES string of the molecule is Fc1c(CCC2CCC(C3CCC(/C=C/Cl)CC3)CC2)ccc(OC(F)F)c1F. The first kappa shape index (κ1) is 22.5. The highest BCUT2D eigenvalue weighted by atomic mass is 35.5. The van der Waals surface area contributed by atoms with Gasteiger partial charge in [0.25, 0.3) is 0 Å². The van der Waals surface area contributed by atoms with E-state index < -0.39 is 24.0 Å². The topological polar surface area (TPSA) is 9.23 Å². The average molecular weight is 433 g/mol. The number of hydrogen-bond acceptors (Lipinski definition) is 1. The molecule has 1 aromatic carbocycles. The van der Waals surface area contributed by atoms with Crippen LogP contribution >= 0.6 is 11.6 Å². The number of allylic oxidation sites excluding steroid dienone is 1. The van der Waals surface area contributed by atoms with E-state index in [0.717, 1.165) is 37.2 Å². The molecule has 2 saturated carbocycles. The van der Waals surface area contributed by atoms with Crippen molar-refractivity contribution in [2.45, 2.75) is 70.8 Å². The summed E-state index contributed by atoms with van der Waals surface area (Å²) in [6.45, 7) is -3.17. The Kier molecular flexibility index (Phi) is 8.28. The zero-order valence-corrected chi connectivity index (χ0v) is 17.3. The summed E-state index contributed by atoms with van der Waals surface area (Å²) >= 11 is 5.69. The minimum Gasteiger partial charge on any atom is -0.432 e. The van der Waals surface area contributed by atoms with Gasteiger partial charge < -0.3 is 4.74 Å². The molecular formula is C23H29ClF4O. The van der Waals surface area contributed by atoms with Gasteiger partial charge in [-0.05, 0) is 86.7 Å². The summed E-state index contributed by atoms with van der Waals surface area (Å²) in [5.74, 6) is -0.394. The molecule has 0 aliphatic heterocycles. The second-order valence-corrected chi connectivity index (χ2v) is 8.79. The first-order valence-electron chi connectivity index (χ1n) is 10.7. The fraction of sp³-hybridized carbons (Fsp3) is 0.652. The van der Waals surface area contributed by atoms with Crippen molar-refractivity contribution >= 4 is 11.6 Å². The monoisotopic (exact) mass is 432 g/mol. The first-order chi connectivity index (χ1) is 14.0. The van der Waals surface area contributed by atoms with Crippen molar-refractivity contribution in [1.82, 2.24) is 0 Å². The molecule has 0 spiro atoms. The van der Waals surface area contributed by atoms with Crippen molar-refractivity contribution in [3.63, 3.8) is 0 Å². The van der Waals surface area contributed by atoms with Gasteiger partial charge >= 0.3 is 6.61 Å². The molecule has 6 heteroatoms. The summed E-state index contributed by atoms with van der Waals surface area (Å²) < 4.78 is 56.5. The Labute approximate surface area is 175 Å². The largest absolute Gasteiger partial charge is 0.432 e. The van der Waals surface area contributed by atoms with Crippen molar-refractivity contribution < 1.29 is 22.3 Å². The minimum atomic E-state index is -3.17. The van der Waals surface area contributed by atoms with Crippen LogP contribution in [0.1, 0.15) is 63.4 Å². The number of alkyl halides is 2. The molecule has 0 N–H and O–H groups in total. The molecule has 0 unspecified atom stereocenters. The fourth-order valence-corrected chi connectivity index (χ4v) is 5.38. The quantitative estimate of drug-likeness (QED) is 0.398. The summed E-state index contributed by atoms with van der Waals surface area (Å²) in [4.78, 5) is 0. The lowest BCUT2D eigenvalue weighted by Gasteiger charge is -2.37. The second kappa shape index (κ2) is 10.7. The van der Waals surface area contributed by atoms with Crippen LogP contribution in [-0.4, -0.2) is 6.61 Å². The molecule has 29 heavy (non-hydrogen) atoms. The highest BCUT2D eigenvalue weighted by molar-refractivity contribution is 6.25. The van der Waals surface area contributed by atoms with Gasteiger partial charge in [0.1, 0.15) is 0 Å². The molecule has 1 nitrogen and oxygen atoms in total. The maximum Gasteiger partial charge on any atom is 0.387 e. The third-order valence-electron chi connectivity index (χ3n) is 6.88. The predicted molar refractivity (Wildman–Crippen MR) is 107 cm³/mol. The Bertz CT molecular complexity index is 678. The number of benzene rings is 1. The van der Waals surface area contributed by atoms with Gasteiger partial charge in [-0.15, -0.1) is 0 Å². The highest BCUT2D eigenvalue weighted by Crippen LogP contribution is 2.42. The van der Waals surface area contributed by atoms with E-state index in [1.807, 2.05) is 0 Å². The Hall–Kier alpha value is -1.23. The number of aryl methyl sites for hydroxylation is 1. The van der Waals surface area contributed by atoms with Crippen LogP contribution in [0.2, 0.25) is 0 Å². The summed E-state index contributed by atoms with van der Waals surface area (Å²) in [6, 6.07) is 2.45. The summed E-state index contributed by atoms with van der Waals surface area (Å²) in [5.41, 5.74) is 1.88. The smallest absolute Gasteiger partial charge is 0.387 e. The molecule has 162 valence electrons. The molecule has 2 aliphatic rings. The van der Waals surface area contributed by atoms with Gasteiger partial charge in [0.2, 0.25) is 5.82 Å². The van der Waals surface area contributed by atoms with Gasteiger partial charge in [-0.1, -0.05) is 36.6 Å². The highest BCUT2D eigenvalue weighted by Gasteiger charge is 2.30. The van der Waals surface area contributed by atoms with Gasteiger partial charge in [0.15, 0.2) is 11.6 Å². The Balaban J connectivity index is 1.44. The first-order valence-corrected chi connectivity index (χ1v) is 11.1. The minimum absolute atomic E-state index is 0.233. The average Bonchev–Trinajstić information content (AvgIpc) is 2.72. The van der Waals surface area contributed by atoms with Gasteiger partial charge in [-0.3, -0.25) is 0 Å². The van der Waals surface area contributed by atoms with Gasteiger partial charge in [-0.2, -0.15) is 13.2 Å². The van der Waals surface area contributed by atoms with E-state index in [1.54, 1.807) is 5.54 Å². The molecule has 3 rings (SSSR count). The van der Waals surface area contributed by atoms with E-state index in [0.29, 0.717) is 18.3 Å². The molecule has 0 bridgehead atoms. The molecule has 0 saturated heterocycles. The van der Waals surface area contributed by atoms with E-state index >= 15 is 0 Å². The molecule has 0 radical (unpaired) electrons. The van der Waals surface area contributed by atoms with Gasteiger partial charge in [-0.25, -0.2) is 4.39 Å². The predicted octanol–water partition coefficient (Wildman–Crippen LogP) is 7.86. The van der Waals surface area contributed by atoms with E-state index in [9.17, 15) is 17.6 Å². The van der Waals surface area contributed by atoms with Crippen LogP contribution in [0.3, 0.4) is 0 Å². The standard InChI is InChI=1S/C23H29ClF4O/c24-14-13-16-3-8-18(9-4-16)17-6-1-15(2-7-17)5-10-19-11-12-20(29-23(27)28)22(26)21(19)25/h11-18,23H,1-10H2/b14-13+. The maximum absolute atomic E-state index is 14.1. The van der Waals surface area contributed by atoms with Gasteiger partial charge in [0, 0.05) is 5.54 Å². The summed E-state index contributed by atoms with van der Waals surface area (Å²) in [7, 11) is 0. The van der Waals surface area contributed by atoms with Crippen LogP contribution < -0.4 is 4.74 Å². The normalized spacial score (nSPS) is 28.2. The van der Waals surface area contributed by atoms with Crippen LogP contribution in [-0.2, 0) is 6.42 Å². The van der Waals surface area contributed by atoms with Crippen LogP contribution in [0.25, 0.3) is 0 Å². The van der Waals surface area contributed by atoms with Crippen molar-refractivity contribution in [2.75, 3.05) is 0 Å². The lowest BCUT2D eigenvalue weighted by Crippen LogP contribution is -2.25. The lowest BCUT2D eigenvalue weighted by molar-refractivity contribution is -0.0525. The molecule has 0 amide bonds. The molecule has 2 aliphatic carbocycles. The molecular weight excluding hydrogens is 404 g/mol. The van der Waals surface area contributed by atoms with Crippen LogP contribution in [0.4, 0.5) is 17.6 Å². The van der Waals surface area contributed by atoms with Crippen LogP contribution in [0, 0.1) is 35.3 Å². The van der Waals surface area contributed by atoms with Crippen molar-refractivity contribution in [3.05, 3.63) is 40.9 Å². The van der Waals surface area contributed by atoms with E-state index in [4.69, 9.17) is 11.6 Å². The molecule has 1 aromatic rings. The van der Waals surface area contributed by atoms with E-state index in [2.05, 4.69) is 10.8 Å². The van der Waals surface area contributed by atoms with Crippen LogP contribution in [0.5, 0.6) is 5.75 Å². The molecule has 0 atom stereocenters. The third kappa shape index (κ3) is 6.13. The summed E-state index contributed by atoms with van der Waals surface area (Å²) in [5, 5.41) is 0. The molecule has 0 aromatic heterocycles. The number of hydrogen-bond donors (Lipinski definition) is 0.